The largest absolute Gasteiger partial charge is 0.513 e. The normalized spacial score (nSPS) is 12.8. The predicted octanol–water partition coefficient (Wildman–Crippen LogP) is 7.23. The number of hydrogen-bond donors (Lipinski definition) is 1. The minimum Gasteiger partial charge on any atom is -0.480 e. The zero-order chi connectivity index (χ0) is 39.1. The third-order valence-corrected chi connectivity index (χ3v) is 8.42. The molecule has 0 saturated carbocycles. The monoisotopic (exact) mass is 734 g/mol. The van der Waals surface area contributed by atoms with E-state index in [2.05, 4.69) is 0 Å². The van der Waals surface area contributed by atoms with Gasteiger partial charge in [-0.25, -0.2) is 4.79 Å². The summed E-state index contributed by atoms with van der Waals surface area (Å²) in [6.07, 6.45) is -6.17. The summed E-state index contributed by atoms with van der Waals surface area (Å²) in [5, 5.41) is 10.3. The minimum absolute atomic E-state index is 0.00409. The van der Waals surface area contributed by atoms with Gasteiger partial charge in [0.25, 0.3) is 11.8 Å². The number of carbonyl (C=O) groups is 5. The first-order valence-corrected chi connectivity index (χ1v) is 16.3. The Morgan fingerprint density at radius 1 is 0.774 bits per heavy atom. The molecular weight excluding hydrogens is 697 g/mol. The number of nitrogens with zero attached hydrogens (tertiary/aromatic N) is 2. The van der Waals surface area contributed by atoms with Gasteiger partial charge in [0.05, 0.1) is 22.9 Å². The van der Waals surface area contributed by atoms with Crippen molar-refractivity contribution in [2.24, 2.45) is 0 Å². The molecule has 2 amide bonds. The van der Waals surface area contributed by atoms with Crippen molar-refractivity contribution in [3.05, 3.63) is 119 Å². The Kier molecular flexibility index (Phi) is 12.3. The zero-order valence-corrected chi connectivity index (χ0v) is 29.5. The zero-order valence-electron chi connectivity index (χ0n) is 29.5. The molecule has 0 spiro atoms. The van der Waals surface area contributed by atoms with Crippen LogP contribution in [0.4, 0.5) is 23.7 Å². The molecule has 0 aromatic heterocycles. The highest BCUT2D eigenvalue weighted by Gasteiger charge is 2.51. The number of halogens is 3. The predicted molar refractivity (Wildman–Crippen MR) is 188 cm³/mol. The van der Waals surface area contributed by atoms with Gasteiger partial charge < -0.3 is 29.1 Å². The van der Waals surface area contributed by atoms with Crippen LogP contribution >= 0.6 is 0 Å². The summed E-state index contributed by atoms with van der Waals surface area (Å²) in [4.78, 5) is 68.6. The highest BCUT2D eigenvalue weighted by molar-refractivity contribution is 6.13. The van der Waals surface area contributed by atoms with E-state index in [4.69, 9.17) is 14.2 Å². The first-order chi connectivity index (χ1) is 25.0. The van der Waals surface area contributed by atoms with Gasteiger partial charge in [0.2, 0.25) is 5.41 Å². The number of ether oxygens (including phenoxy) is 3. The van der Waals surface area contributed by atoms with Crippen LogP contribution in [-0.2, 0) is 30.7 Å². The Bertz CT molecular complexity index is 1980. The van der Waals surface area contributed by atoms with Gasteiger partial charge in [-0.15, -0.1) is 0 Å². The molecule has 11 nitrogen and oxygen atoms in total. The van der Waals surface area contributed by atoms with Gasteiger partial charge in [0, 0.05) is 26.7 Å². The second-order valence-electron chi connectivity index (χ2n) is 12.2. The fraction of sp³-hybridized carbons (Fsp3) is 0.256. The van der Waals surface area contributed by atoms with Gasteiger partial charge >= 0.3 is 24.3 Å². The van der Waals surface area contributed by atoms with E-state index in [1.54, 1.807) is 38.1 Å². The van der Waals surface area contributed by atoms with Crippen LogP contribution in [-0.4, -0.2) is 73.8 Å². The fourth-order valence-electron chi connectivity index (χ4n) is 5.25. The van der Waals surface area contributed by atoms with E-state index in [0.29, 0.717) is 17.5 Å². The van der Waals surface area contributed by atoms with Crippen molar-refractivity contribution in [3.63, 3.8) is 0 Å². The molecule has 278 valence electrons. The quantitative estimate of drug-likeness (QED) is 0.0907. The van der Waals surface area contributed by atoms with E-state index in [1.165, 1.54) is 91.6 Å². The topological polar surface area (TPSA) is 140 Å². The van der Waals surface area contributed by atoms with E-state index in [1.807, 2.05) is 0 Å². The Morgan fingerprint density at radius 2 is 1.40 bits per heavy atom. The summed E-state index contributed by atoms with van der Waals surface area (Å²) in [7, 11) is 4.32. The lowest BCUT2D eigenvalue weighted by Gasteiger charge is -2.28. The SMILES string of the molecule is CCC(C)OC(=O)C(COC(=O)Oc1ccc(N(C)C(=O)c2ccccc2-c2ccc(C(F)(F)F)cc2)c(C(=O)N(C)C)c1)(C(=O)O)c1ccccc1. The van der Waals surface area contributed by atoms with Crippen LogP contribution < -0.4 is 9.64 Å². The molecule has 0 aliphatic heterocycles. The standard InChI is InChI=1S/C39H37F3N2O9/c1-6-24(2)52-36(49)38(35(47)48,26-12-8-7-9-13-26)23-51-37(50)53-28-20-21-32(31(22-28)33(45)43(3)4)44(5)34(46)30-15-11-10-14-29(30)25-16-18-27(19-17-25)39(40,41)42/h7-22,24H,6,23H2,1-5H3,(H,47,48). The molecule has 4 aromatic carbocycles. The molecule has 0 fully saturated rings. The molecule has 14 heteroatoms. The summed E-state index contributed by atoms with van der Waals surface area (Å²) in [6, 6.07) is 21.9. The molecule has 4 rings (SSSR count). The van der Waals surface area contributed by atoms with Gasteiger partial charge in [-0.3, -0.25) is 19.2 Å². The molecule has 0 radical (unpaired) electrons. The number of carboxylic acids is 1. The average Bonchev–Trinajstić information content (AvgIpc) is 3.14. The molecule has 53 heavy (non-hydrogen) atoms. The second-order valence-corrected chi connectivity index (χ2v) is 12.2. The first-order valence-electron chi connectivity index (χ1n) is 16.3. The molecule has 1 N–H and O–H groups in total. The van der Waals surface area contributed by atoms with E-state index < -0.39 is 59.8 Å². The Balaban J connectivity index is 1.62. The summed E-state index contributed by atoms with van der Waals surface area (Å²) in [5.74, 6) is -4.17. The number of hydrogen-bond acceptors (Lipinski definition) is 8. The van der Waals surface area contributed by atoms with Crippen LogP contribution in [0.3, 0.4) is 0 Å². The number of anilines is 1. The van der Waals surface area contributed by atoms with Gasteiger partial charge in [-0.05, 0) is 66.4 Å². The fourth-order valence-corrected chi connectivity index (χ4v) is 5.25. The lowest BCUT2D eigenvalue weighted by Crippen LogP contribution is -2.50. The number of carboxylic acid groups (broad SMARTS) is 1. The molecule has 0 saturated heterocycles. The van der Waals surface area contributed by atoms with Crippen molar-refractivity contribution in [3.8, 4) is 16.9 Å². The van der Waals surface area contributed by atoms with Crippen LogP contribution in [0.5, 0.6) is 5.75 Å². The Labute approximate surface area is 303 Å². The highest BCUT2D eigenvalue weighted by Crippen LogP contribution is 2.34. The van der Waals surface area contributed by atoms with Crippen LogP contribution in [0.1, 0.15) is 52.1 Å². The number of alkyl halides is 3. The molecule has 2 atom stereocenters. The lowest BCUT2D eigenvalue weighted by atomic mass is 9.81. The van der Waals surface area contributed by atoms with Gasteiger partial charge in [-0.2, -0.15) is 13.2 Å². The van der Waals surface area contributed by atoms with E-state index in [0.717, 1.165) is 12.1 Å². The maximum atomic E-state index is 13.9. The van der Waals surface area contributed by atoms with Crippen molar-refractivity contribution in [1.29, 1.82) is 0 Å². The van der Waals surface area contributed by atoms with Gasteiger partial charge in [0.15, 0.2) is 0 Å². The molecule has 0 aliphatic rings. The summed E-state index contributed by atoms with van der Waals surface area (Å²) in [5.41, 5.74) is -2.42. The van der Waals surface area contributed by atoms with Crippen molar-refractivity contribution >= 4 is 35.6 Å². The molecule has 4 aromatic rings. The minimum atomic E-state index is -4.54. The maximum absolute atomic E-state index is 13.9. The number of esters is 1. The molecular formula is C39H37F3N2O9. The average molecular weight is 735 g/mol. The smallest absolute Gasteiger partial charge is 0.480 e. The van der Waals surface area contributed by atoms with Crippen LogP contribution in [0, 0.1) is 0 Å². The highest BCUT2D eigenvalue weighted by atomic mass is 19.4. The van der Waals surface area contributed by atoms with Gasteiger partial charge in [-0.1, -0.05) is 67.6 Å². The van der Waals surface area contributed by atoms with Gasteiger partial charge in [0.1, 0.15) is 12.4 Å². The van der Waals surface area contributed by atoms with Crippen LogP contribution in [0.25, 0.3) is 11.1 Å². The number of carbonyl (C=O) groups excluding carboxylic acids is 4. The summed E-state index contributed by atoms with van der Waals surface area (Å²) < 4.78 is 55.4. The molecule has 0 bridgehead atoms. The Morgan fingerprint density at radius 3 is 1.98 bits per heavy atom. The third-order valence-electron chi connectivity index (χ3n) is 8.42. The molecule has 0 heterocycles. The number of aliphatic carboxylic acids is 1. The molecule has 0 aliphatic carbocycles. The lowest BCUT2D eigenvalue weighted by molar-refractivity contribution is -0.167. The van der Waals surface area contributed by atoms with Crippen LogP contribution in [0.2, 0.25) is 0 Å². The second kappa shape index (κ2) is 16.4. The third kappa shape index (κ3) is 8.83. The van der Waals surface area contributed by atoms with E-state index in [-0.39, 0.29) is 28.1 Å². The maximum Gasteiger partial charge on any atom is 0.513 e. The van der Waals surface area contributed by atoms with E-state index in [9.17, 15) is 42.3 Å². The number of rotatable bonds is 12. The van der Waals surface area contributed by atoms with Crippen molar-refractivity contribution in [2.75, 3.05) is 32.6 Å². The Hall–Kier alpha value is -6.18. The van der Waals surface area contributed by atoms with Crippen molar-refractivity contribution in [1.82, 2.24) is 4.90 Å². The van der Waals surface area contributed by atoms with Crippen LogP contribution in [0.15, 0.2) is 97.1 Å². The van der Waals surface area contributed by atoms with E-state index >= 15 is 0 Å². The number of benzene rings is 4. The summed E-state index contributed by atoms with van der Waals surface area (Å²) in [6.45, 7) is 2.34. The summed E-state index contributed by atoms with van der Waals surface area (Å²) >= 11 is 0. The first kappa shape index (κ1) is 39.6. The molecule has 2 unspecified atom stereocenters. The van der Waals surface area contributed by atoms with Crippen molar-refractivity contribution in [2.45, 2.75) is 38.0 Å². The number of amides is 2. The van der Waals surface area contributed by atoms with Crippen molar-refractivity contribution < 1.29 is 56.5 Å².